The highest BCUT2D eigenvalue weighted by atomic mass is 16.6. The fourth-order valence-electron chi connectivity index (χ4n) is 3.80. The molecular formula is C20H36N2O3. The Labute approximate surface area is 152 Å². The Bertz CT molecular complexity index is 431. The van der Waals surface area contributed by atoms with Gasteiger partial charge in [0.25, 0.3) is 0 Å². The van der Waals surface area contributed by atoms with Crippen LogP contribution in [-0.2, 0) is 9.53 Å². The van der Waals surface area contributed by atoms with E-state index in [-0.39, 0.29) is 12.0 Å². The van der Waals surface area contributed by atoms with E-state index < -0.39 is 5.60 Å². The van der Waals surface area contributed by atoms with Crippen molar-refractivity contribution in [3.63, 3.8) is 0 Å². The van der Waals surface area contributed by atoms with E-state index in [0.29, 0.717) is 12.3 Å². The summed E-state index contributed by atoms with van der Waals surface area (Å²) in [6, 6.07) is 0. The van der Waals surface area contributed by atoms with Crippen molar-refractivity contribution in [1.29, 1.82) is 0 Å². The van der Waals surface area contributed by atoms with Crippen LogP contribution in [0.25, 0.3) is 0 Å². The van der Waals surface area contributed by atoms with E-state index >= 15 is 0 Å². The van der Waals surface area contributed by atoms with Crippen LogP contribution < -0.4 is 5.32 Å². The van der Waals surface area contributed by atoms with Crippen molar-refractivity contribution in [3.8, 4) is 0 Å². The van der Waals surface area contributed by atoms with Crippen LogP contribution in [0.5, 0.6) is 0 Å². The Morgan fingerprint density at radius 2 is 1.64 bits per heavy atom. The lowest BCUT2D eigenvalue weighted by Crippen LogP contribution is -2.43. The summed E-state index contributed by atoms with van der Waals surface area (Å²) in [7, 11) is 0. The van der Waals surface area contributed by atoms with E-state index in [1.54, 1.807) is 4.90 Å². The van der Waals surface area contributed by atoms with Crippen LogP contribution in [0.2, 0.25) is 0 Å². The number of amides is 2. The number of nitrogens with one attached hydrogen (secondary N) is 1. The SMILES string of the molecule is CC(C)(C)OC(=O)N1CCC(CNC(=O)CCC2CCCCC2)CC1. The number of carbonyl (C=O) groups is 2. The molecule has 1 aliphatic heterocycles. The van der Waals surface area contributed by atoms with E-state index in [4.69, 9.17) is 4.74 Å². The van der Waals surface area contributed by atoms with Crippen molar-refractivity contribution < 1.29 is 14.3 Å². The Kier molecular flexibility index (Phi) is 7.57. The third kappa shape index (κ3) is 7.66. The van der Waals surface area contributed by atoms with Crippen LogP contribution in [0, 0.1) is 11.8 Å². The molecular weight excluding hydrogens is 316 g/mol. The molecule has 1 saturated heterocycles. The van der Waals surface area contributed by atoms with E-state index in [0.717, 1.165) is 44.8 Å². The summed E-state index contributed by atoms with van der Waals surface area (Å²) in [6.45, 7) is 7.85. The van der Waals surface area contributed by atoms with Crippen molar-refractivity contribution in [2.45, 2.75) is 84.2 Å². The molecule has 0 unspecified atom stereocenters. The number of ether oxygens (including phenoxy) is 1. The van der Waals surface area contributed by atoms with Crippen LogP contribution in [0.1, 0.15) is 78.6 Å². The van der Waals surface area contributed by atoms with Crippen molar-refractivity contribution in [2.24, 2.45) is 11.8 Å². The van der Waals surface area contributed by atoms with Gasteiger partial charge in [0.05, 0.1) is 0 Å². The van der Waals surface area contributed by atoms with Gasteiger partial charge < -0.3 is 15.0 Å². The molecule has 0 atom stereocenters. The monoisotopic (exact) mass is 352 g/mol. The highest BCUT2D eigenvalue weighted by Crippen LogP contribution is 2.27. The molecule has 0 spiro atoms. The summed E-state index contributed by atoms with van der Waals surface area (Å²) >= 11 is 0. The van der Waals surface area contributed by atoms with Gasteiger partial charge in [-0.3, -0.25) is 4.79 Å². The molecule has 2 rings (SSSR count). The predicted molar refractivity (Wildman–Crippen MR) is 99.3 cm³/mol. The molecule has 25 heavy (non-hydrogen) atoms. The van der Waals surface area contributed by atoms with Gasteiger partial charge in [0.2, 0.25) is 5.91 Å². The third-order valence-corrected chi connectivity index (χ3v) is 5.36. The zero-order chi connectivity index (χ0) is 18.3. The summed E-state index contributed by atoms with van der Waals surface area (Å²) in [6.07, 6.45) is 10.00. The van der Waals surface area contributed by atoms with Crippen molar-refractivity contribution in [2.75, 3.05) is 19.6 Å². The quantitative estimate of drug-likeness (QED) is 0.810. The van der Waals surface area contributed by atoms with Gasteiger partial charge in [-0.2, -0.15) is 0 Å². The molecule has 1 aliphatic carbocycles. The minimum Gasteiger partial charge on any atom is -0.444 e. The van der Waals surface area contributed by atoms with Gasteiger partial charge in [-0.1, -0.05) is 32.1 Å². The minimum absolute atomic E-state index is 0.195. The number of carbonyl (C=O) groups excluding carboxylic acids is 2. The molecule has 0 aromatic carbocycles. The first-order valence-corrected chi connectivity index (χ1v) is 10.1. The van der Waals surface area contributed by atoms with Crippen LogP contribution in [0.3, 0.4) is 0 Å². The zero-order valence-electron chi connectivity index (χ0n) is 16.3. The van der Waals surface area contributed by atoms with Gasteiger partial charge in [0.15, 0.2) is 0 Å². The molecule has 2 amide bonds. The molecule has 0 radical (unpaired) electrons. The van der Waals surface area contributed by atoms with Gasteiger partial charge in [0, 0.05) is 26.1 Å². The lowest BCUT2D eigenvalue weighted by molar-refractivity contribution is -0.121. The van der Waals surface area contributed by atoms with Crippen LogP contribution in [-0.4, -0.2) is 42.1 Å². The standard InChI is InChI=1S/C20H36N2O3/c1-20(2,3)25-19(24)22-13-11-17(12-14-22)15-21-18(23)10-9-16-7-5-4-6-8-16/h16-17H,4-15H2,1-3H3,(H,21,23). The van der Waals surface area contributed by atoms with Gasteiger partial charge in [-0.15, -0.1) is 0 Å². The summed E-state index contributed by atoms with van der Waals surface area (Å²) in [5.41, 5.74) is -0.444. The molecule has 5 heteroatoms. The fourth-order valence-corrected chi connectivity index (χ4v) is 3.80. The van der Waals surface area contributed by atoms with Crippen LogP contribution in [0.15, 0.2) is 0 Å². The number of likely N-dealkylation sites (tertiary alicyclic amines) is 1. The summed E-state index contributed by atoms with van der Waals surface area (Å²) < 4.78 is 5.42. The first-order chi connectivity index (χ1) is 11.8. The maximum absolute atomic E-state index is 12.1. The smallest absolute Gasteiger partial charge is 0.410 e. The maximum atomic E-state index is 12.1. The number of rotatable bonds is 5. The Hall–Kier alpha value is -1.26. The second kappa shape index (κ2) is 9.44. The Morgan fingerprint density at radius 3 is 2.24 bits per heavy atom. The average molecular weight is 353 g/mol. The minimum atomic E-state index is -0.444. The molecule has 5 nitrogen and oxygen atoms in total. The van der Waals surface area contributed by atoms with Gasteiger partial charge >= 0.3 is 6.09 Å². The fraction of sp³-hybridized carbons (Fsp3) is 0.900. The van der Waals surface area contributed by atoms with E-state index in [1.807, 2.05) is 20.8 Å². The molecule has 1 N–H and O–H groups in total. The summed E-state index contributed by atoms with van der Waals surface area (Å²) in [5.74, 6) is 1.43. The third-order valence-electron chi connectivity index (χ3n) is 5.36. The lowest BCUT2D eigenvalue weighted by Gasteiger charge is -2.33. The molecule has 1 saturated carbocycles. The van der Waals surface area contributed by atoms with Crippen molar-refractivity contribution in [1.82, 2.24) is 10.2 Å². The maximum Gasteiger partial charge on any atom is 0.410 e. The Balaban J connectivity index is 1.58. The largest absolute Gasteiger partial charge is 0.444 e. The average Bonchev–Trinajstić information content (AvgIpc) is 2.58. The molecule has 0 aromatic rings. The molecule has 2 fully saturated rings. The van der Waals surface area contributed by atoms with E-state index in [2.05, 4.69) is 5.32 Å². The zero-order valence-corrected chi connectivity index (χ0v) is 16.3. The normalized spacial score (nSPS) is 20.4. The number of piperidine rings is 1. The lowest BCUT2D eigenvalue weighted by atomic mass is 9.86. The second-order valence-electron chi connectivity index (χ2n) is 8.76. The van der Waals surface area contributed by atoms with Gasteiger partial charge in [0.1, 0.15) is 5.60 Å². The molecule has 0 bridgehead atoms. The molecule has 2 aliphatic rings. The predicted octanol–water partition coefficient (Wildman–Crippen LogP) is 4.11. The molecule has 144 valence electrons. The van der Waals surface area contributed by atoms with Crippen LogP contribution in [0.4, 0.5) is 4.79 Å². The van der Waals surface area contributed by atoms with Crippen molar-refractivity contribution in [3.05, 3.63) is 0 Å². The van der Waals surface area contributed by atoms with E-state index in [9.17, 15) is 9.59 Å². The molecule has 0 aromatic heterocycles. The first kappa shape index (κ1) is 20.1. The highest BCUT2D eigenvalue weighted by molar-refractivity contribution is 5.75. The number of hydrogen-bond acceptors (Lipinski definition) is 3. The summed E-state index contributed by atoms with van der Waals surface area (Å²) in [5, 5.41) is 3.10. The topological polar surface area (TPSA) is 58.6 Å². The van der Waals surface area contributed by atoms with Gasteiger partial charge in [-0.25, -0.2) is 4.79 Å². The van der Waals surface area contributed by atoms with E-state index in [1.165, 1.54) is 32.1 Å². The second-order valence-corrected chi connectivity index (χ2v) is 8.76. The number of nitrogens with zero attached hydrogens (tertiary/aromatic N) is 1. The summed E-state index contributed by atoms with van der Waals surface area (Å²) in [4.78, 5) is 25.9. The first-order valence-electron chi connectivity index (χ1n) is 10.1. The Morgan fingerprint density at radius 1 is 1.00 bits per heavy atom. The van der Waals surface area contributed by atoms with Crippen LogP contribution >= 0.6 is 0 Å². The number of hydrogen-bond donors (Lipinski definition) is 1. The van der Waals surface area contributed by atoms with Gasteiger partial charge in [-0.05, 0) is 51.9 Å². The molecule has 1 heterocycles. The highest BCUT2D eigenvalue weighted by Gasteiger charge is 2.27. The van der Waals surface area contributed by atoms with Crippen molar-refractivity contribution >= 4 is 12.0 Å².